The van der Waals surface area contributed by atoms with E-state index >= 15 is 0 Å². The molecular weight excluding hydrogens is 334 g/mol. The Balaban J connectivity index is 1.75. The van der Waals surface area contributed by atoms with Gasteiger partial charge in [0.25, 0.3) is 5.91 Å². The monoisotopic (exact) mass is 361 g/mol. The van der Waals surface area contributed by atoms with Gasteiger partial charge in [0, 0.05) is 17.0 Å². The molecule has 3 unspecified atom stereocenters. The van der Waals surface area contributed by atoms with Gasteiger partial charge in [0.15, 0.2) is 6.61 Å². The van der Waals surface area contributed by atoms with Crippen molar-refractivity contribution in [3.8, 4) is 0 Å². The Morgan fingerprint density at radius 2 is 1.96 bits per heavy atom. The Kier molecular flexibility index (Phi) is 7.56. The fraction of sp³-hybridized carbons (Fsp3) is 0.500. The number of nitrogens with one attached hydrogen (secondary N) is 1. The minimum absolute atomic E-state index is 0.181. The van der Waals surface area contributed by atoms with Gasteiger partial charge in [0.2, 0.25) is 0 Å². The maximum Gasteiger partial charge on any atom is 0.331 e. The van der Waals surface area contributed by atoms with Crippen molar-refractivity contribution in [2.24, 2.45) is 11.8 Å². The molecule has 4 nitrogen and oxygen atoms in total. The summed E-state index contributed by atoms with van der Waals surface area (Å²) in [5.74, 6) is 0.339. The third-order valence-electron chi connectivity index (χ3n) is 4.93. The lowest BCUT2D eigenvalue weighted by Crippen LogP contribution is -2.45. The van der Waals surface area contributed by atoms with Crippen LogP contribution in [-0.4, -0.2) is 30.8 Å². The highest BCUT2D eigenvalue weighted by molar-refractivity contribution is 7.98. The molecule has 1 aromatic carbocycles. The maximum absolute atomic E-state index is 12.0. The standard InChI is InChI=1S/C20H27NO3S/c1-14-5-4-6-18(15(14)2)21-19(22)13-24-20(23)12-9-16-7-10-17(25-3)11-8-16/h7-12,14-15,18H,4-6,13H2,1-3H3,(H,21,22)/b12-9+. The van der Waals surface area contributed by atoms with E-state index < -0.39 is 5.97 Å². The number of hydrogen-bond acceptors (Lipinski definition) is 4. The summed E-state index contributed by atoms with van der Waals surface area (Å²) in [6.45, 7) is 4.16. The van der Waals surface area contributed by atoms with Crippen molar-refractivity contribution >= 4 is 29.7 Å². The van der Waals surface area contributed by atoms with E-state index in [4.69, 9.17) is 4.74 Å². The lowest BCUT2D eigenvalue weighted by atomic mass is 9.78. The molecule has 0 bridgehead atoms. The van der Waals surface area contributed by atoms with Crippen LogP contribution in [0.3, 0.4) is 0 Å². The van der Waals surface area contributed by atoms with E-state index in [2.05, 4.69) is 19.2 Å². The highest BCUT2D eigenvalue weighted by Crippen LogP contribution is 2.29. The molecule has 0 aliphatic heterocycles. The summed E-state index contributed by atoms with van der Waals surface area (Å²) in [5, 5.41) is 3.00. The molecule has 1 fully saturated rings. The zero-order valence-electron chi connectivity index (χ0n) is 15.2. The molecule has 5 heteroatoms. The van der Waals surface area contributed by atoms with Crippen molar-refractivity contribution in [1.29, 1.82) is 0 Å². The molecule has 1 aliphatic rings. The Labute approximate surface area is 154 Å². The first-order valence-corrected chi connectivity index (χ1v) is 10.0. The van der Waals surface area contributed by atoms with Crippen LogP contribution in [0.15, 0.2) is 35.2 Å². The molecule has 1 N–H and O–H groups in total. The van der Waals surface area contributed by atoms with E-state index in [1.54, 1.807) is 17.8 Å². The van der Waals surface area contributed by atoms with Crippen molar-refractivity contribution in [1.82, 2.24) is 5.32 Å². The number of benzene rings is 1. The van der Waals surface area contributed by atoms with Crippen LogP contribution in [0.25, 0.3) is 6.08 Å². The van der Waals surface area contributed by atoms with Gasteiger partial charge >= 0.3 is 5.97 Å². The van der Waals surface area contributed by atoms with Crippen molar-refractivity contribution in [3.63, 3.8) is 0 Å². The fourth-order valence-corrected chi connectivity index (χ4v) is 3.51. The molecule has 0 aromatic heterocycles. The molecule has 0 spiro atoms. The number of amides is 1. The molecule has 0 heterocycles. The molecule has 3 atom stereocenters. The number of hydrogen-bond donors (Lipinski definition) is 1. The van der Waals surface area contributed by atoms with Crippen LogP contribution < -0.4 is 5.32 Å². The van der Waals surface area contributed by atoms with E-state index in [0.717, 1.165) is 18.4 Å². The molecule has 2 rings (SSSR count). The van der Waals surface area contributed by atoms with Crippen LogP contribution in [0, 0.1) is 11.8 Å². The largest absolute Gasteiger partial charge is 0.452 e. The molecule has 136 valence electrons. The van der Waals surface area contributed by atoms with Gasteiger partial charge in [-0.05, 0) is 48.3 Å². The lowest BCUT2D eigenvalue weighted by Gasteiger charge is -2.34. The molecule has 1 aliphatic carbocycles. The summed E-state index contributed by atoms with van der Waals surface area (Å²) >= 11 is 1.67. The predicted octanol–water partition coefficient (Wildman–Crippen LogP) is 3.91. The highest BCUT2D eigenvalue weighted by Gasteiger charge is 2.28. The second-order valence-electron chi connectivity index (χ2n) is 6.66. The van der Waals surface area contributed by atoms with Crippen LogP contribution in [0.5, 0.6) is 0 Å². The van der Waals surface area contributed by atoms with Gasteiger partial charge in [-0.25, -0.2) is 4.79 Å². The van der Waals surface area contributed by atoms with Gasteiger partial charge in [-0.2, -0.15) is 0 Å². The van der Waals surface area contributed by atoms with E-state index in [0.29, 0.717) is 11.8 Å². The first-order chi connectivity index (χ1) is 12.0. The van der Waals surface area contributed by atoms with Crippen molar-refractivity contribution in [3.05, 3.63) is 35.9 Å². The van der Waals surface area contributed by atoms with E-state index in [-0.39, 0.29) is 18.6 Å². The maximum atomic E-state index is 12.0. The number of carbonyl (C=O) groups excluding carboxylic acids is 2. The van der Waals surface area contributed by atoms with Crippen LogP contribution in [0.4, 0.5) is 0 Å². The molecule has 25 heavy (non-hydrogen) atoms. The summed E-state index contributed by atoms with van der Waals surface area (Å²) in [4.78, 5) is 24.9. The summed E-state index contributed by atoms with van der Waals surface area (Å²) in [7, 11) is 0. The smallest absolute Gasteiger partial charge is 0.331 e. The predicted molar refractivity (Wildman–Crippen MR) is 102 cm³/mol. The molecule has 1 saturated carbocycles. The van der Waals surface area contributed by atoms with Crippen LogP contribution >= 0.6 is 11.8 Å². The van der Waals surface area contributed by atoms with Gasteiger partial charge in [0.05, 0.1) is 0 Å². The van der Waals surface area contributed by atoms with Crippen LogP contribution in [-0.2, 0) is 14.3 Å². The summed E-state index contributed by atoms with van der Waals surface area (Å²) in [6.07, 6.45) is 8.40. The zero-order valence-corrected chi connectivity index (χ0v) is 16.0. The minimum atomic E-state index is -0.505. The van der Waals surface area contributed by atoms with E-state index in [1.165, 1.54) is 17.4 Å². The first-order valence-electron chi connectivity index (χ1n) is 8.78. The second kappa shape index (κ2) is 9.66. The summed E-state index contributed by atoms with van der Waals surface area (Å²) < 4.78 is 5.03. The topological polar surface area (TPSA) is 55.4 Å². The minimum Gasteiger partial charge on any atom is -0.452 e. The zero-order chi connectivity index (χ0) is 18.2. The van der Waals surface area contributed by atoms with Gasteiger partial charge in [-0.3, -0.25) is 4.79 Å². The fourth-order valence-electron chi connectivity index (χ4n) is 3.10. The molecule has 1 amide bonds. The van der Waals surface area contributed by atoms with Crippen LogP contribution in [0.1, 0.15) is 38.7 Å². The summed E-state index contributed by atoms with van der Waals surface area (Å²) in [6, 6.07) is 8.05. The lowest BCUT2D eigenvalue weighted by molar-refractivity contribution is -0.144. The average Bonchev–Trinajstić information content (AvgIpc) is 2.62. The highest BCUT2D eigenvalue weighted by atomic mass is 32.2. The first kappa shape index (κ1) is 19.6. The normalized spacial score (nSPS) is 23.4. The third-order valence-corrected chi connectivity index (χ3v) is 5.67. The number of carbonyl (C=O) groups is 2. The third kappa shape index (κ3) is 6.24. The van der Waals surface area contributed by atoms with Gasteiger partial charge < -0.3 is 10.1 Å². The molecule has 0 radical (unpaired) electrons. The van der Waals surface area contributed by atoms with Crippen molar-refractivity contribution in [2.45, 2.75) is 44.0 Å². The van der Waals surface area contributed by atoms with E-state index in [9.17, 15) is 9.59 Å². The quantitative estimate of drug-likeness (QED) is 0.474. The second-order valence-corrected chi connectivity index (χ2v) is 7.54. The SMILES string of the molecule is CSc1ccc(/C=C/C(=O)OCC(=O)NC2CCCC(C)C2C)cc1. The van der Waals surface area contributed by atoms with Crippen LogP contribution in [0.2, 0.25) is 0 Å². The molecule has 1 aromatic rings. The Hall–Kier alpha value is -1.75. The Bertz CT molecular complexity index is 612. The van der Waals surface area contributed by atoms with Crippen molar-refractivity contribution in [2.75, 3.05) is 12.9 Å². The Morgan fingerprint density at radius 1 is 1.24 bits per heavy atom. The molecular formula is C20H27NO3S. The Morgan fingerprint density at radius 3 is 2.64 bits per heavy atom. The van der Waals surface area contributed by atoms with E-state index in [1.807, 2.05) is 30.5 Å². The number of rotatable bonds is 6. The molecule has 0 saturated heterocycles. The summed E-state index contributed by atoms with van der Waals surface area (Å²) in [5.41, 5.74) is 0.921. The van der Waals surface area contributed by atoms with Gasteiger partial charge in [-0.1, -0.05) is 38.8 Å². The van der Waals surface area contributed by atoms with Crippen molar-refractivity contribution < 1.29 is 14.3 Å². The number of thioether (sulfide) groups is 1. The number of esters is 1. The van der Waals surface area contributed by atoms with Gasteiger partial charge in [-0.15, -0.1) is 11.8 Å². The van der Waals surface area contributed by atoms with Gasteiger partial charge in [0.1, 0.15) is 0 Å². The average molecular weight is 362 g/mol. The number of ether oxygens (including phenoxy) is 1.